The Morgan fingerprint density at radius 3 is 2.64 bits per heavy atom. The molecule has 4 heterocycles. The zero-order valence-corrected chi connectivity index (χ0v) is 19.3. The molecular weight excluding hydrogens is 462 g/mol. The van der Waals surface area contributed by atoms with Crippen LogP contribution in [-0.2, 0) is 13.1 Å². The standard InChI is InChI=1S/C27H23N3O6/c31-23-9-8-20-26(33)24(11-16-4-6-19(7-5-16)30(34)35)36-27(20)21(23)15-28-12-17-10-18(14-28)22-2-1-3-25(32)29(22)13-17/h1-9,11,17-18,31H,10,12-15H2/b24-11+/t17-,18+/m0/s1. The number of hydrogen-bond donors (Lipinski definition) is 1. The minimum Gasteiger partial charge on any atom is -0.507 e. The van der Waals surface area contributed by atoms with Crippen LogP contribution in [0.25, 0.3) is 6.08 Å². The van der Waals surface area contributed by atoms with Crippen molar-refractivity contribution in [3.8, 4) is 11.5 Å². The highest BCUT2D eigenvalue weighted by molar-refractivity contribution is 6.15. The summed E-state index contributed by atoms with van der Waals surface area (Å²) in [6.07, 6.45) is 2.57. The van der Waals surface area contributed by atoms with Gasteiger partial charge in [0, 0.05) is 56.0 Å². The summed E-state index contributed by atoms with van der Waals surface area (Å²) in [5.74, 6) is 0.773. The first-order chi connectivity index (χ1) is 17.4. The first kappa shape index (κ1) is 22.2. The van der Waals surface area contributed by atoms with E-state index in [0.29, 0.717) is 41.4 Å². The lowest BCUT2D eigenvalue weighted by Crippen LogP contribution is -2.46. The summed E-state index contributed by atoms with van der Waals surface area (Å²) in [6, 6.07) is 14.3. The van der Waals surface area contributed by atoms with Crippen LogP contribution in [0.15, 0.2) is 65.2 Å². The molecule has 0 aliphatic carbocycles. The number of phenols is 1. The van der Waals surface area contributed by atoms with Crippen LogP contribution in [0.4, 0.5) is 5.69 Å². The number of carbonyl (C=O) groups excluding carboxylic acids is 1. The van der Waals surface area contributed by atoms with Crippen molar-refractivity contribution in [2.45, 2.75) is 25.4 Å². The maximum absolute atomic E-state index is 13.0. The molecule has 6 rings (SSSR count). The lowest BCUT2D eigenvalue weighted by Gasteiger charge is -2.42. The molecule has 3 aliphatic rings. The zero-order valence-electron chi connectivity index (χ0n) is 19.3. The van der Waals surface area contributed by atoms with Crippen molar-refractivity contribution < 1.29 is 19.6 Å². The molecule has 3 aromatic rings. The van der Waals surface area contributed by atoms with Crippen molar-refractivity contribution in [1.82, 2.24) is 9.47 Å². The SMILES string of the molecule is O=C1/C(=C\c2ccc([N+](=O)[O-])cc2)Oc2c1ccc(O)c2CN1C[C@@H]2C[C@H](C1)c1cccc(=O)n1C2. The normalized spacial score (nSPS) is 21.7. The van der Waals surface area contributed by atoms with Crippen LogP contribution in [-0.4, -0.2) is 38.4 Å². The maximum atomic E-state index is 13.0. The van der Waals surface area contributed by atoms with E-state index < -0.39 is 4.92 Å². The van der Waals surface area contributed by atoms with E-state index in [1.807, 2.05) is 16.7 Å². The minimum atomic E-state index is -0.481. The maximum Gasteiger partial charge on any atom is 0.269 e. The van der Waals surface area contributed by atoms with Crippen molar-refractivity contribution in [3.05, 3.63) is 103 Å². The van der Waals surface area contributed by atoms with Gasteiger partial charge in [-0.15, -0.1) is 0 Å². The molecule has 2 atom stereocenters. The van der Waals surface area contributed by atoms with Crippen LogP contribution >= 0.6 is 0 Å². The largest absolute Gasteiger partial charge is 0.507 e. The molecule has 2 bridgehead atoms. The number of likely N-dealkylation sites (tertiary alicyclic amines) is 1. The zero-order chi connectivity index (χ0) is 25.0. The number of hydrogen-bond acceptors (Lipinski definition) is 7. The summed E-state index contributed by atoms with van der Waals surface area (Å²) in [5, 5.41) is 21.6. The van der Waals surface area contributed by atoms with Gasteiger partial charge in [0.05, 0.1) is 16.1 Å². The number of rotatable bonds is 4. The molecule has 0 radical (unpaired) electrons. The molecule has 1 N–H and O–H groups in total. The average molecular weight is 485 g/mol. The first-order valence-corrected chi connectivity index (χ1v) is 11.8. The number of Topliss-reactive ketones (excluding diaryl/α,β-unsaturated/α-hetero) is 1. The Labute approximate surface area is 206 Å². The van der Waals surface area contributed by atoms with E-state index in [1.165, 1.54) is 18.2 Å². The Kier molecular flexibility index (Phi) is 5.22. The van der Waals surface area contributed by atoms with Gasteiger partial charge >= 0.3 is 0 Å². The van der Waals surface area contributed by atoms with Crippen LogP contribution in [0.3, 0.4) is 0 Å². The first-order valence-electron chi connectivity index (χ1n) is 11.8. The van der Waals surface area contributed by atoms with E-state index in [2.05, 4.69) is 4.90 Å². The lowest BCUT2D eigenvalue weighted by molar-refractivity contribution is -0.384. The van der Waals surface area contributed by atoms with Gasteiger partial charge in [-0.05, 0) is 54.3 Å². The van der Waals surface area contributed by atoms with E-state index in [1.54, 1.807) is 30.3 Å². The molecule has 3 aliphatic heterocycles. The topological polar surface area (TPSA) is 115 Å². The molecule has 182 valence electrons. The van der Waals surface area contributed by atoms with Gasteiger partial charge < -0.3 is 14.4 Å². The molecule has 0 amide bonds. The number of ketones is 1. The predicted octanol–water partition coefficient (Wildman–Crippen LogP) is 3.70. The number of pyridine rings is 1. The van der Waals surface area contributed by atoms with Gasteiger partial charge in [0.2, 0.25) is 5.78 Å². The minimum absolute atomic E-state index is 0.0356. The van der Waals surface area contributed by atoms with Crippen molar-refractivity contribution >= 4 is 17.5 Å². The van der Waals surface area contributed by atoms with E-state index in [9.17, 15) is 24.8 Å². The van der Waals surface area contributed by atoms with E-state index >= 15 is 0 Å². The third kappa shape index (κ3) is 3.77. The molecular formula is C27H23N3O6. The summed E-state index contributed by atoms with van der Waals surface area (Å²) in [5.41, 5.74) is 2.58. The fourth-order valence-electron chi connectivity index (χ4n) is 5.64. The molecule has 0 unspecified atom stereocenters. The summed E-state index contributed by atoms with van der Waals surface area (Å²) in [6.45, 7) is 2.61. The van der Waals surface area contributed by atoms with Gasteiger partial charge in [0.25, 0.3) is 11.2 Å². The summed E-state index contributed by atoms with van der Waals surface area (Å²) < 4.78 is 7.85. The smallest absolute Gasteiger partial charge is 0.269 e. The molecule has 0 spiro atoms. The second kappa shape index (κ2) is 8.46. The quantitative estimate of drug-likeness (QED) is 0.340. The number of fused-ring (bicyclic) bond motifs is 5. The van der Waals surface area contributed by atoms with Crippen LogP contribution in [0, 0.1) is 16.0 Å². The number of non-ortho nitro benzene ring substituents is 1. The molecule has 1 fully saturated rings. The molecule has 9 heteroatoms. The van der Waals surface area contributed by atoms with Crippen molar-refractivity contribution in [2.24, 2.45) is 5.92 Å². The lowest BCUT2D eigenvalue weighted by atomic mass is 9.83. The monoisotopic (exact) mass is 485 g/mol. The van der Waals surface area contributed by atoms with Crippen LogP contribution in [0.5, 0.6) is 11.5 Å². The second-order valence-electron chi connectivity index (χ2n) is 9.62. The van der Waals surface area contributed by atoms with Gasteiger partial charge in [0.15, 0.2) is 5.76 Å². The highest BCUT2D eigenvalue weighted by atomic mass is 16.6. The van der Waals surface area contributed by atoms with Crippen molar-refractivity contribution in [2.75, 3.05) is 13.1 Å². The fraction of sp³-hybridized carbons (Fsp3) is 0.259. The van der Waals surface area contributed by atoms with Crippen LogP contribution in [0.1, 0.15) is 39.5 Å². The third-order valence-electron chi connectivity index (χ3n) is 7.25. The molecule has 2 aromatic carbocycles. The molecule has 9 nitrogen and oxygen atoms in total. The van der Waals surface area contributed by atoms with Gasteiger partial charge in [-0.1, -0.05) is 6.07 Å². The van der Waals surface area contributed by atoms with Crippen molar-refractivity contribution in [3.63, 3.8) is 0 Å². The Bertz CT molecular complexity index is 1490. The number of carbonyl (C=O) groups is 1. The fourth-order valence-corrected chi connectivity index (χ4v) is 5.64. The second-order valence-corrected chi connectivity index (χ2v) is 9.62. The molecule has 0 saturated carbocycles. The Morgan fingerprint density at radius 2 is 1.86 bits per heavy atom. The number of piperidine rings is 1. The average Bonchev–Trinajstić information content (AvgIpc) is 3.17. The number of nitro groups is 1. The number of benzene rings is 2. The van der Waals surface area contributed by atoms with Gasteiger partial charge in [-0.3, -0.25) is 24.6 Å². The number of ether oxygens (including phenoxy) is 1. The Morgan fingerprint density at radius 1 is 1.06 bits per heavy atom. The number of aromatic nitrogens is 1. The van der Waals surface area contributed by atoms with Crippen LogP contribution in [0.2, 0.25) is 0 Å². The van der Waals surface area contributed by atoms with Gasteiger partial charge in [0.1, 0.15) is 11.5 Å². The van der Waals surface area contributed by atoms with Crippen LogP contribution < -0.4 is 10.3 Å². The molecule has 1 aromatic heterocycles. The highest BCUT2D eigenvalue weighted by Crippen LogP contribution is 2.42. The predicted molar refractivity (Wildman–Crippen MR) is 131 cm³/mol. The summed E-state index contributed by atoms with van der Waals surface area (Å²) in [7, 11) is 0. The highest BCUT2D eigenvalue weighted by Gasteiger charge is 2.36. The number of nitrogens with zero attached hydrogens (tertiary/aromatic N) is 3. The molecule has 1 saturated heterocycles. The van der Waals surface area contributed by atoms with Gasteiger partial charge in [-0.25, -0.2) is 0 Å². The number of allylic oxidation sites excluding steroid dienone is 1. The van der Waals surface area contributed by atoms with E-state index in [-0.39, 0.29) is 34.5 Å². The van der Waals surface area contributed by atoms with Crippen molar-refractivity contribution in [1.29, 1.82) is 0 Å². The summed E-state index contributed by atoms with van der Waals surface area (Å²) in [4.78, 5) is 38.0. The number of phenolic OH excluding ortho intramolecular Hbond substituents is 1. The number of nitro benzene ring substituents is 1. The van der Waals surface area contributed by atoms with E-state index in [4.69, 9.17) is 4.74 Å². The van der Waals surface area contributed by atoms with E-state index in [0.717, 1.165) is 25.2 Å². The number of aromatic hydroxyl groups is 1. The Balaban J connectivity index is 1.26. The molecule has 36 heavy (non-hydrogen) atoms. The van der Waals surface area contributed by atoms with Gasteiger partial charge in [-0.2, -0.15) is 0 Å². The third-order valence-corrected chi connectivity index (χ3v) is 7.25. The Hall–Kier alpha value is -4.24. The summed E-state index contributed by atoms with van der Waals surface area (Å²) >= 11 is 0.